The van der Waals surface area contributed by atoms with E-state index in [2.05, 4.69) is 20.8 Å². The van der Waals surface area contributed by atoms with Crippen molar-refractivity contribution in [1.82, 2.24) is 0 Å². The number of halogens is 1. The molecule has 0 aliphatic heterocycles. The highest BCUT2D eigenvalue weighted by atomic mass is 19.1. The third kappa shape index (κ3) is 10.5. The molecule has 0 saturated heterocycles. The maximum Gasteiger partial charge on any atom is 0.306 e. The summed E-state index contributed by atoms with van der Waals surface area (Å²) in [7, 11) is 0. The molecule has 0 fully saturated rings. The SMILES string of the molecule is CCCCCCCCC(=O)c1ccc(-c2ccc(OCC(C)OC(=O)CCC(C)CC)c(F)c2)cc1. The lowest BCUT2D eigenvalue weighted by molar-refractivity contribution is -0.149. The summed E-state index contributed by atoms with van der Waals surface area (Å²) in [6.07, 6.45) is 9.24. The summed E-state index contributed by atoms with van der Waals surface area (Å²) in [6.45, 7) is 8.23. The normalized spacial score (nSPS) is 12.7. The minimum Gasteiger partial charge on any atom is -0.487 e. The van der Waals surface area contributed by atoms with Crippen LogP contribution in [0.1, 0.15) is 102 Å². The predicted octanol–water partition coefficient (Wildman–Crippen LogP) is 8.56. The van der Waals surface area contributed by atoms with Crippen LogP contribution in [0, 0.1) is 11.7 Å². The lowest BCUT2D eigenvalue weighted by Crippen LogP contribution is -2.22. The van der Waals surface area contributed by atoms with Crippen LogP contribution in [0.5, 0.6) is 5.75 Å². The molecule has 4 nitrogen and oxygen atoms in total. The van der Waals surface area contributed by atoms with Crippen molar-refractivity contribution in [3.63, 3.8) is 0 Å². The number of hydrogen-bond donors (Lipinski definition) is 0. The lowest BCUT2D eigenvalue weighted by atomic mass is 9.99. The van der Waals surface area contributed by atoms with Gasteiger partial charge in [-0.1, -0.05) is 89.6 Å². The second-order valence-electron chi connectivity index (χ2n) is 9.83. The van der Waals surface area contributed by atoms with E-state index in [0.717, 1.165) is 31.2 Å². The maximum absolute atomic E-state index is 14.7. The van der Waals surface area contributed by atoms with Gasteiger partial charge in [0.1, 0.15) is 12.7 Å². The van der Waals surface area contributed by atoms with Gasteiger partial charge >= 0.3 is 5.97 Å². The molecule has 0 amide bonds. The van der Waals surface area contributed by atoms with Gasteiger partial charge in [-0.15, -0.1) is 0 Å². The number of carbonyl (C=O) groups is 2. The second kappa shape index (κ2) is 16.1. The van der Waals surface area contributed by atoms with Crippen LogP contribution in [0.15, 0.2) is 42.5 Å². The van der Waals surface area contributed by atoms with Crippen LogP contribution in [0.2, 0.25) is 0 Å². The first-order valence-electron chi connectivity index (χ1n) is 13.6. The summed E-state index contributed by atoms with van der Waals surface area (Å²) in [6, 6.07) is 12.1. The monoisotopic (exact) mass is 498 g/mol. The van der Waals surface area contributed by atoms with Gasteiger partial charge in [0.2, 0.25) is 0 Å². The minimum atomic E-state index is -0.481. The van der Waals surface area contributed by atoms with E-state index in [1.165, 1.54) is 31.7 Å². The van der Waals surface area contributed by atoms with Gasteiger partial charge in [0.15, 0.2) is 17.3 Å². The Hall–Kier alpha value is -2.69. The molecule has 0 saturated carbocycles. The van der Waals surface area contributed by atoms with Gasteiger partial charge in [-0.05, 0) is 48.9 Å². The maximum atomic E-state index is 14.7. The molecule has 0 spiro atoms. The molecule has 5 heteroatoms. The molecule has 2 unspecified atom stereocenters. The topological polar surface area (TPSA) is 52.6 Å². The molecule has 0 heterocycles. The highest BCUT2D eigenvalue weighted by molar-refractivity contribution is 5.96. The first-order chi connectivity index (χ1) is 17.3. The Labute approximate surface area is 216 Å². The van der Waals surface area contributed by atoms with Gasteiger partial charge in [-0.25, -0.2) is 4.39 Å². The van der Waals surface area contributed by atoms with Crippen LogP contribution in [0.25, 0.3) is 11.1 Å². The largest absolute Gasteiger partial charge is 0.487 e. The summed E-state index contributed by atoms with van der Waals surface area (Å²) < 4.78 is 25.6. The minimum absolute atomic E-state index is 0.0841. The zero-order chi connectivity index (χ0) is 26.3. The number of ketones is 1. The Kier molecular flexibility index (Phi) is 13.2. The van der Waals surface area contributed by atoms with E-state index >= 15 is 0 Å². The Bertz CT molecular complexity index is 938. The molecular formula is C31H43FO4. The Morgan fingerprint density at radius 3 is 2.19 bits per heavy atom. The molecule has 2 aromatic rings. The van der Waals surface area contributed by atoms with Crippen LogP contribution < -0.4 is 4.74 Å². The van der Waals surface area contributed by atoms with Crippen LogP contribution in [-0.2, 0) is 9.53 Å². The number of esters is 1. The van der Waals surface area contributed by atoms with Gasteiger partial charge in [-0.3, -0.25) is 9.59 Å². The van der Waals surface area contributed by atoms with Gasteiger partial charge in [0.05, 0.1) is 0 Å². The second-order valence-corrected chi connectivity index (χ2v) is 9.83. The van der Waals surface area contributed by atoms with Crippen molar-refractivity contribution in [2.45, 2.75) is 98.0 Å². The van der Waals surface area contributed by atoms with Crippen LogP contribution in [0.4, 0.5) is 4.39 Å². The molecule has 2 aromatic carbocycles. The van der Waals surface area contributed by atoms with E-state index in [-0.39, 0.29) is 24.1 Å². The van der Waals surface area contributed by atoms with E-state index in [4.69, 9.17) is 9.47 Å². The molecule has 2 atom stereocenters. The molecule has 198 valence electrons. The smallest absolute Gasteiger partial charge is 0.306 e. The Morgan fingerprint density at radius 2 is 1.53 bits per heavy atom. The summed E-state index contributed by atoms with van der Waals surface area (Å²) in [5.41, 5.74) is 2.24. The standard InChI is InChI=1S/C31H43FO4/c1-5-7-8-9-10-11-12-29(33)26-16-14-25(15-17-26)27-18-19-30(28(32)21-27)35-22-24(4)36-31(34)20-13-23(3)6-2/h14-19,21,23-24H,5-13,20,22H2,1-4H3. The zero-order valence-electron chi connectivity index (χ0n) is 22.5. The number of rotatable bonds is 17. The first kappa shape index (κ1) is 29.5. The summed E-state index contributed by atoms with van der Waals surface area (Å²) in [5.74, 6) is 0.0225. The number of carbonyl (C=O) groups excluding carboxylic acids is 2. The van der Waals surface area contributed by atoms with Crippen molar-refractivity contribution in [2.24, 2.45) is 5.92 Å². The molecule has 0 bridgehead atoms. The fourth-order valence-corrected chi connectivity index (χ4v) is 3.95. The zero-order valence-corrected chi connectivity index (χ0v) is 22.5. The molecule has 0 N–H and O–H groups in total. The summed E-state index contributed by atoms with van der Waals surface area (Å²) in [5, 5.41) is 0. The van der Waals surface area contributed by atoms with E-state index in [0.29, 0.717) is 29.9 Å². The molecule has 0 radical (unpaired) electrons. The number of ether oxygens (including phenoxy) is 2. The molecule has 2 rings (SSSR count). The van der Waals surface area contributed by atoms with Crippen LogP contribution in [-0.4, -0.2) is 24.5 Å². The van der Waals surface area contributed by atoms with Crippen molar-refractivity contribution in [3.8, 4) is 16.9 Å². The van der Waals surface area contributed by atoms with E-state index in [1.807, 2.05) is 24.3 Å². The number of benzene rings is 2. The lowest BCUT2D eigenvalue weighted by Gasteiger charge is -2.16. The first-order valence-corrected chi connectivity index (χ1v) is 13.6. The molecule has 0 aliphatic rings. The third-order valence-corrected chi connectivity index (χ3v) is 6.57. The molecule has 36 heavy (non-hydrogen) atoms. The van der Waals surface area contributed by atoms with Gasteiger partial charge in [-0.2, -0.15) is 0 Å². The van der Waals surface area contributed by atoms with E-state index in [9.17, 15) is 14.0 Å². The van der Waals surface area contributed by atoms with Gasteiger partial charge < -0.3 is 9.47 Å². The highest BCUT2D eigenvalue weighted by Crippen LogP contribution is 2.26. The summed E-state index contributed by atoms with van der Waals surface area (Å²) >= 11 is 0. The quantitative estimate of drug-likeness (QED) is 0.124. The van der Waals surface area contributed by atoms with Crippen LogP contribution >= 0.6 is 0 Å². The average molecular weight is 499 g/mol. The van der Waals surface area contributed by atoms with Crippen LogP contribution in [0.3, 0.4) is 0 Å². The Morgan fingerprint density at radius 1 is 0.861 bits per heavy atom. The van der Waals surface area contributed by atoms with E-state index in [1.54, 1.807) is 19.1 Å². The van der Waals surface area contributed by atoms with Crippen molar-refractivity contribution in [2.75, 3.05) is 6.61 Å². The Balaban J connectivity index is 1.83. The highest BCUT2D eigenvalue weighted by Gasteiger charge is 2.14. The van der Waals surface area contributed by atoms with Gasteiger partial charge in [0, 0.05) is 18.4 Å². The van der Waals surface area contributed by atoms with Crippen molar-refractivity contribution in [1.29, 1.82) is 0 Å². The predicted molar refractivity (Wildman–Crippen MR) is 144 cm³/mol. The number of hydrogen-bond acceptors (Lipinski definition) is 4. The van der Waals surface area contributed by atoms with E-state index < -0.39 is 11.9 Å². The fraction of sp³-hybridized carbons (Fsp3) is 0.548. The van der Waals surface area contributed by atoms with Crippen molar-refractivity contribution < 1.29 is 23.5 Å². The number of unbranched alkanes of at least 4 members (excludes halogenated alkanes) is 5. The summed E-state index contributed by atoms with van der Waals surface area (Å²) in [4.78, 5) is 24.4. The molecule has 0 aromatic heterocycles. The number of Topliss-reactive ketones (excluding diaryl/α,β-unsaturated/α-hetero) is 1. The van der Waals surface area contributed by atoms with Crippen molar-refractivity contribution in [3.05, 3.63) is 53.8 Å². The molecule has 0 aliphatic carbocycles. The van der Waals surface area contributed by atoms with Crippen molar-refractivity contribution >= 4 is 11.8 Å². The average Bonchev–Trinajstić information content (AvgIpc) is 2.88. The third-order valence-electron chi connectivity index (χ3n) is 6.57. The fourth-order valence-electron chi connectivity index (χ4n) is 3.95. The molecular weight excluding hydrogens is 455 g/mol. The van der Waals surface area contributed by atoms with Gasteiger partial charge in [0.25, 0.3) is 0 Å².